The summed E-state index contributed by atoms with van der Waals surface area (Å²) in [5, 5.41) is 0. The first kappa shape index (κ1) is 15.4. The summed E-state index contributed by atoms with van der Waals surface area (Å²) >= 11 is 3.45. The topological polar surface area (TPSA) is 41.3 Å². The second kappa shape index (κ2) is 6.32. The molecule has 0 amide bonds. The first-order chi connectivity index (χ1) is 10.2. The summed E-state index contributed by atoms with van der Waals surface area (Å²) < 4.78 is 15.3. The van der Waals surface area contributed by atoms with E-state index in [2.05, 4.69) is 26.3 Å². The second-order valence-corrected chi connectivity index (χ2v) is 7.19. The van der Waals surface area contributed by atoms with E-state index in [4.69, 9.17) is 5.84 Å². The Morgan fingerprint density at radius 3 is 2.48 bits per heavy atom. The predicted molar refractivity (Wildman–Crippen MR) is 86.2 cm³/mol. The Balaban J connectivity index is 2.01. The molecule has 0 radical (unpaired) electrons. The van der Waals surface area contributed by atoms with Crippen molar-refractivity contribution < 1.29 is 4.39 Å². The van der Waals surface area contributed by atoms with Gasteiger partial charge in [-0.05, 0) is 57.0 Å². The van der Waals surface area contributed by atoms with Crippen LogP contribution in [0.2, 0.25) is 0 Å². The van der Waals surface area contributed by atoms with Crippen LogP contribution < -0.4 is 11.3 Å². The minimum atomic E-state index is -0.174. The molecule has 1 saturated carbocycles. The zero-order valence-electron chi connectivity index (χ0n) is 12.2. The third-order valence-electron chi connectivity index (χ3n) is 5.18. The van der Waals surface area contributed by atoms with Crippen LogP contribution >= 0.6 is 15.9 Å². The molecular formula is C16H23BrFN3. The fourth-order valence-corrected chi connectivity index (χ4v) is 4.59. The molecule has 1 aromatic rings. The van der Waals surface area contributed by atoms with Crippen LogP contribution in [-0.4, -0.2) is 23.5 Å². The smallest absolute Gasteiger partial charge is 0.128 e. The molecule has 1 saturated heterocycles. The number of nitrogens with two attached hydrogens (primary N) is 1. The Morgan fingerprint density at radius 2 is 1.86 bits per heavy atom. The van der Waals surface area contributed by atoms with Gasteiger partial charge in [0.25, 0.3) is 0 Å². The van der Waals surface area contributed by atoms with Crippen molar-refractivity contribution in [3.8, 4) is 0 Å². The van der Waals surface area contributed by atoms with Crippen LogP contribution in [0.1, 0.15) is 50.1 Å². The third-order valence-corrected chi connectivity index (χ3v) is 5.67. The molecule has 116 valence electrons. The van der Waals surface area contributed by atoms with E-state index in [1.165, 1.54) is 31.7 Å². The van der Waals surface area contributed by atoms with E-state index >= 15 is 0 Å². The number of hydrazine groups is 1. The fourth-order valence-electron chi connectivity index (χ4n) is 4.21. The number of rotatable bonds is 4. The average molecular weight is 356 g/mol. The predicted octanol–water partition coefficient (Wildman–Crippen LogP) is 3.50. The molecule has 3 nitrogen and oxygen atoms in total. The van der Waals surface area contributed by atoms with Gasteiger partial charge in [-0.2, -0.15) is 0 Å². The highest BCUT2D eigenvalue weighted by Crippen LogP contribution is 2.46. The van der Waals surface area contributed by atoms with Gasteiger partial charge in [0.05, 0.1) is 6.04 Å². The zero-order chi connectivity index (χ0) is 14.9. The van der Waals surface area contributed by atoms with E-state index in [0.29, 0.717) is 5.56 Å². The number of nitrogens with one attached hydrogen (secondary N) is 1. The van der Waals surface area contributed by atoms with Crippen LogP contribution in [0.15, 0.2) is 22.7 Å². The van der Waals surface area contributed by atoms with Gasteiger partial charge in [-0.3, -0.25) is 16.2 Å². The van der Waals surface area contributed by atoms with Crippen molar-refractivity contribution in [1.29, 1.82) is 0 Å². The van der Waals surface area contributed by atoms with Gasteiger partial charge in [0.2, 0.25) is 0 Å². The summed E-state index contributed by atoms with van der Waals surface area (Å²) in [6.07, 6.45) is 7.05. The van der Waals surface area contributed by atoms with Crippen molar-refractivity contribution in [2.24, 2.45) is 5.84 Å². The molecule has 2 fully saturated rings. The van der Waals surface area contributed by atoms with Crippen molar-refractivity contribution >= 4 is 15.9 Å². The molecule has 0 spiro atoms. The lowest BCUT2D eigenvalue weighted by Crippen LogP contribution is -2.55. The maximum atomic E-state index is 14.4. The molecule has 1 heterocycles. The summed E-state index contributed by atoms with van der Waals surface area (Å²) in [7, 11) is 0. The quantitative estimate of drug-likeness (QED) is 0.641. The molecule has 1 aliphatic heterocycles. The van der Waals surface area contributed by atoms with Crippen molar-refractivity contribution in [3.05, 3.63) is 34.1 Å². The largest absolute Gasteiger partial charge is 0.296 e. The van der Waals surface area contributed by atoms with E-state index < -0.39 is 0 Å². The number of hydrogen-bond donors (Lipinski definition) is 2. The van der Waals surface area contributed by atoms with Gasteiger partial charge >= 0.3 is 0 Å². The number of nitrogens with zero attached hydrogens (tertiary/aromatic N) is 1. The Bertz CT molecular complexity index is 496. The number of likely N-dealkylation sites (tertiary alicyclic amines) is 1. The van der Waals surface area contributed by atoms with E-state index in [-0.39, 0.29) is 17.4 Å². The highest BCUT2D eigenvalue weighted by Gasteiger charge is 2.47. The monoisotopic (exact) mass is 355 g/mol. The lowest BCUT2D eigenvalue weighted by molar-refractivity contribution is 0.0749. The molecule has 5 heteroatoms. The Kier molecular flexibility index (Phi) is 4.64. The van der Waals surface area contributed by atoms with Gasteiger partial charge in [0.15, 0.2) is 0 Å². The molecule has 2 aliphatic rings. The van der Waals surface area contributed by atoms with Crippen LogP contribution in [-0.2, 0) is 0 Å². The molecule has 21 heavy (non-hydrogen) atoms. The van der Waals surface area contributed by atoms with Crippen LogP contribution in [0.3, 0.4) is 0 Å². The molecule has 3 rings (SSSR count). The Hall–Kier alpha value is -0.490. The molecular weight excluding hydrogens is 333 g/mol. The Labute approximate surface area is 134 Å². The number of hydrogen-bond acceptors (Lipinski definition) is 3. The molecule has 0 bridgehead atoms. The van der Waals surface area contributed by atoms with Crippen molar-refractivity contribution in [3.63, 3.8) is 0 Å². The Morgan fingerprint density at radius 1 is 1.19 bits per heavy atom. The van der Waals surface area contributed by atoms with Gasteiger partial charge < -0.3 is 0 Å². The number of benzene rings is 1. The third kappa shape index (κ3) is 2.77. The molecule has 0 aromatic heterocycles. The second-order valence-electron chi connectivity index (χ2n) is 6.27. The van der Waals surface area contributed by atoms with Crippen molar-refractivity contribution in [2.45, 2.75) is 50.1 Å². The van der Waals surface area contributed by atoms with Crippen LogP contribution in [0.4, 0.5) is 4.39 Å². The van der Waals surface area contributed by atoms with E-state index in [9.17, 15) is 4.39 Å². The highest BCUT2D eigenvalue weighted by atomic mass is 79.9. The maximum absolute atomic E-state index is 14.4. The average Bonchev–Trinajstić information content (AvgIpc) is 3.14. The van der Waals surface area contributed by atoms with E-state index in [1.54, 1.807) is 6.07 Å². The standard InChI is InChI=1S/C16H23BrFN3/c17-12-5-6-14(18)13(11-12)15(20-19)16(7-1-2-8-16)21-9-3-4-10-21/h5-6,11,15,20H,1-4,7-10,19H2. The lowest BCUT2D eigenvalue weighted by atomic mass is 9.82. The first-order valence-electron chi connectivity index (χ1n) is 7.83. The molecule has 1 aromatic carbocycles. The highest BCUT2D eigenvalue weighted by molar-refractivity contribution is 9.10. The molecule has 3 N–H and O–H groups in total. The van der Waals surface area contributed by atoms with Gasteiger partial charge in [-0.25, -0.2) is 4.39 Å². The summed E-state index contributed by atoms with van der Waals surface area (Å²) in [4.78, 5) is 2.55. The maximum Gasteiger partial charge on any atom is 0.128 e. The van der Waals surface area contributed by atoms with Crippen LogP contribution in [0.25, 0.3) is 0 Å². The fraction of sp³-hybridized carbons (Fsp3) is 0.625. The van der Waals surface area contributed by atoms with Crippen LogP contribution in [0.5, 0.6) is 0 Å². The molecule has 1 atom stereocenters. The minimum Gasteiger partial charge on any atom is -0.296 e. The molecule has 1 aliphatic carbocycles. The zero-order valence-corrected chi connectivity index (χ0v) is 13.8. The lowest BCUT2D eigenvalue weighted by Gasteiger charge is -2.45. The van der Waals surface area contributed by atoms with Gasteiger partial charge in [-0.1, -0.05) is 28.8 Å². The summed E-state index contributed by atoms with van der Waals surface area (Å²) in [5.41, 5.74) is 3.59. The summed E-state index contributed by atoms with van der Waals surface area (Å²) in [6.45, 7) is 2.21. The number of halogens is 2. The van der Waals surface area contributed by atoms with Crippen molar-refractivity contribution in [2.75, 3.05) is 13.1 Å². The minimum absolute atomic E-state index is 0.0348. The normalized spacial score (nSPS) is 23.6. The summed E-state index contributed by atoms with van der Waals surface area (Å²) in [6, 6.07) is 4.98. The summed E-state index contributed by atoms with van der Waals surface area (Å²) in [5.74, 6) is 5.72. The van der Waals surface area contributed by atoms with Gasteiger partial charge in [0, 0.05) is 15.6 Å². The van der Waals surface area contributed by atoms with Gasteiger partial charge in [0.1, 0.15) is 5.82 Å². The first-order valence-corrected chi connectivity index (χ1v) is 8.63. The van der Waals surface area contributed by atoms with E-state index in [1.807, 2.05) is 6.07 Å². The van der Waals surface area contributed by atoms with E-state index in [0.717, 1.165) is 30.4 Å². The molecule has 1 unspecified atom stereocenters. The van der Waals surface area contributed by atoms with Crippen LogP contribution in [0, 0.1) is 5.82 Å². The van der Waals surface area contributed by atoms with Gasteiger partial charge in [-0.15, -0.1) is 0 Å². The van der Waals surface area contributed by atoms with Crippen molar-refractivity contribution in [1.82, 2.24) is 10.3 Å². The SMILES string of the molecule is NNC(c1cc(Br)ccc1F)C1(N2CCCC2)CCCC1.